The summed E-state index contributed by atoms with van der Waals surface area (Å²) in [7, 11) is 0. The maximum absolute atomic E-state index is 13.9. The second-order valence-corrected chi connectivity index (χ2v) is 7.13. The summed E-state index contributed by atoms with van der Waals surface area (Å²) in [6, 6.07) is 10.5. The third-order valence-corrected chi connectivity index (χ3v) is 5.38. The topological polar surface area (TPSA) is 58.2 Å². The fraction of sp³-hybridized carbons (Fsp3) is 0.200. The monoisotopic (exact) mass is 388 g/mol. The maximum atomic E-state index is 13.9. The summed E-state index contributed by atoms with van der Waals surface area (Å²) in [4.78, 5) is 24.7. The number of amides is 2. The first-order chi connectivity index (χ1) is 13.0. The number of aryl methyl sites for hydroxylation is 1. The number of fused-ring (bicyclic) bond motifs is 1. The van der Waals surface area contributed by atoms with Crippen molar-refractivity contribution in [1.29, 1.82) is 0 Å². The van der Waals surface area contributed by atoms with Gasteiger partial charge in [-0.15, -0.1) is 11.3 Å². The lowest BCUT2D eigenvalue weighted by Gasteiger charge is -2.07. The molecule has 0 spiro atoms. The van der Waals surface area contributed by atoms with Gasteiger partial charge in [-0.1, -0.05) is 18.2 Å². The molecule has 1 aromatic heterocycles. The average Bonchev–Trinajstić information content (AvgIpc) is 2.99. The van der Waals surface area contributed by atoms with Crippen molar-refractivity contribution in [1.82, 2.24) is 10.6 Å². The highest BCUT2D eigenvalue weighted by Gasteiger charge is 2.17. The zero-order valence-corrected chi connectivity index (χ0v) is 15.5. The molecule has 0 saturated heterocycles. The van der Waals surface area contributed by atoms with Crippen LogP contribution in [0.2, 0.25) is 0 Å². The van der Waals surface area contributed by atoms with Crippen molar-refractivity contribution in [2.45, 2.75) is 13.3 Å². The number of rotatable bonds is 6. The molecule has 7 heteroatoms. The van der Waals surface area contributed by atoms with Gasteiger partial charge in [-0.3, -0.25) is 9.59 Å². The summed E-state index contributed by atoms with van der Waals surface area (Å²) in [5.41, 5.74) is 1.33. The molecule has 4 nitrogen and oxygen atoms in total. The molecule has 140 valence electrons. The molecule has 1 heterocycles. The largest absolute Gasteiger partial charge is 0.354 e. The van der Waals surface area contributed by atoms with Crippen molar-refractivity contribution < 1.29 is 18.4 Å². The summed E-state index contributed by atoms with van der Waals surface area (Å²) >= 11 is 1.24. The van der Waals surface area contributed by atoms with Crippen molar-refractivity contribution in [3.63, 3.8) is 0 Å². The van der Waals surface area contributed by atoms with Crippen molar-refractivity contribution in [2.24, 2.45) is 0 Å². The number of carbonyl (C=O) groups excluding carboxylic acids is 2. The summed E-state index contributed by atoms with van der Waals surface area (Å²) in [5, 5.41) is 5.90. The smallest absolute Gasteiger partial charge is 0.261 e. The highest BCUT2D eigenvalue weighted by atomic mass is 32.1. The van der Waals surface area contributed by atoms with Gasteiger partial charge in [-0.2, -0.15) is 0 Å². The molecule has 2 aromatic carbocycles. The molecule has 0 aliphatic rings. The van der Waals surface area contributed by atoms with Crippen LogP contribution in [0, 0.1) is 18.6 Å². The van der Waals surface area contributed by atoms with Gasteiger partial charge >= 0.3 is 0 Å². The molecule has 27 heavy (non-hydrogen) atoms. The zero-order valence-electron chi connectivity index (χ0n) is 14.6. The Hall–Kier alpha value is -2.80. The molecule has 0 unspecified atom stereocenters. The Bertz CT molecular complexity index is 984. The summed E-state index contributed by atoms with van der Waals surface area (Å²) in [5.74, 6) is -1.19. The molecule has 0 atom stereocenters. The van der Waals surface area contributed by atoms with Gasteiger partial charge < -0.3 is 10.6 Å². The Labute approximate surface area is 159 Å². The van der Waals surface area contributed by atoms with Gasteiger partial charge in [0.25, 0.3) is 5.91 Å². The number of thiophene rings is 1. The van der Waals surface area contributed by atoms with Gasteiger partial charge in [0.1, 0.15) is 11.6 Å². The number of hydrogen-bond donors (Lipinski definition) is 2. The second-order valence-electron chi connectivity index (χ2n) is 6.08. The number of halogens is 2. The van der Waals surface area contributed by atoms with E-state index in [-0.39, 0.29) is 43.0 Å². The molecule has 3 rings (SSSR count). The first-order valence-corrected chi connectivity index (χ1v) is 9.24. The summed E-state index contributed by atoms with van der Waals surface area (Å²) in [6.07, 6.45) is 0.142. The maximum Gasteiger partial charge on any atom is 0.261 e. The van der Waals surface area contributed by atoms with E-state index in [1.54, 1.807) is 31.2 Å². The third-order valence-electron chi connectivity index (χ3n) is 4.12. The molecule has 0 fully saturated rings. The predicted molar refractivity (Wildman–Crippen MR) is 102 cm³/mol. The Morgan fingerprint density at radius 1 is 1.00 bits per heavy atom. The first-order valence-electron chi connectivity index (χ1n) is 8.42. The molecule has 0 aliphatic carbocycles. The number of nitrogens with one attached hydrogen (secondary N) is 2. The average molecular weight is 388 g/mol. The molecule has 0 aliphatic heterocycles. The van der Waals surface area contributed by atoms with Crippen LogP contribution in [0.5, 0.6) is 0 Å². The lowest BCUT2D eigenvalue weighted by molar-refractivity contribution is -0.120. The molecule has 3 aromatic rings. The minimum Gasteiger partial charge on any atom is -0.354 e. The van der Waals surface area contributed by atoms with Crippen LogP contribution in [-0.4, -0.2) is 24.9 Å². The van der Waals surface area contributed by atoms with Crippen LogP contribution in [-0.2, 0) is 11.2 Å². The van der Waals surface area contributed by atoms with E-state index in [0.29, 0.717) is 21.4 Å². The van der Waals surface area contributed by atoms with Crippen LogP contribution in [0.4, 0.5) is 8.78 Å². The Kier molecular flexibility index (Phi) is 5.81. The predicted octanol–water partition coefficient (Wildman–Crippen LogP) is 3.58. The number of carbonyl (C=O) groups is 2. The van der Waals surface area contributed by atoms with Crippen molar-refractivity contribution >= 4 is 33.2 Å². The fourth-order valence-corrected chi connectivity index (χ4v) is 3.92. The molecule has 2 N–H and O–H groups in total. The molecule has 0 radical (unpaired) electrons. The minimum absolute atomic E-state index is 0.142. The second kappa shape index (κ2) is 8.26. The van der Waals surface area contributed by atoms with Crippen LogP contribution < -0.4 is 10.6 Å². The SMILES string of the molecule is Cc1c(C(=O)NCCNC(=O)Cc2ccc(F)cc2)sc2cccc(F)c12. The van der Waals surface area contributed by atoms with Crippen molar-refractivity contribution in [3.8, 4) is 0 Å². The highest BCUT2D eigenvalue weighted by Crippen LogP contribution is 2.32. The minimum atomic E-state index is -0.349. The Balaban J connectivity index is 1.50. The quantitative estimate of drug-likeness (QED) is 0.634. The van der Waals surface area contributed by atoms with Gasteiger partial charge in [-0.05, 0) is 42.3 Å². The number of benzene rings is 2. The van der Waals surface area contributed by atoms with Gasteiger partial charge in [0.15, 0.2) is 0 Å². The van der Waals surface area contributed by atoms with Crippen LogP contribution in [0.3, 0.4) is 0 Å². The lowest BCUT2D eigenvalue weighted by Crippen LogP contribution is -2.35. The van der Waals surface area contributed by atoms with E-state index >= 15 is 0 Å². The van der Waals surface area contributed by atoms with Crippen LogP contribution in [0.25, 0.3) is 10.1 Å². The van der Waals surface area contributed by atoms with E-state index in [0.717, 1.165) is 4.70 Å². The molecular weight excluding hydrogens is 370 g/mol. The van der Waals surface area contributed by atoms with Crippen LogP contribution in [0.1, 0.15) is 20.8 Å². The fourth-order valence-electron chi connectivity index (χ4n) is 2.78. The van der Waals surface area contributed by atoms with E-state index in [9.17, 15) is 18.4 Å². The highest BCUT2D eigenvalue weighted by molar-refractivity contribution is 7.21. The van der Waals surface area contributed by atoms with Gasteiger partial charge in [-0.25, -0.2) is 8.78 Å². The summed E-state index contributed by atoms with van der Waals surface area (Å²) < 4.78 is 27.5. The van der Waals surface area contributed by atoms with E-state index in [4.69, 9.17) is 0 Å². The summed E-state index contributed by atoms with van der Waals surface area (Å²) in [6.45, 7) is 2.25. The Morgan fingerprint density at radius 3 is 2.41 bits per heavy atom. The molecular formula is C20H18F2N2O2S. The van der Waals surface area contributed by atoms with Gasteiger partial charge in [0, 0.05) is 23.2 Å². The third kappa shape index (κ3) is 4.49. The van der Waals surface area contributed by atoms with Crippen molar-refractivity contribution in [3.05, 3.63) is 70.1 Å². The van der Waals surface area contributed by atoms with E-state index in [2.05, 4.69) is 10.6 Å². The zero-order chi connectivity index (χ0) is 19.4. The van der Waals surface area contributed by atoms with Crippen molar-refractivity contribution in [2.75, 3.05) is 13.1 Å². The standard InChI is InChI=1S/C20H18F2N2O2S/c1-12-18-15(22)3-2-4-16(18)27-19(12)20(26)24-10-9-23-17(25)11-13-5-7-14(21)8-6-13/h2-8H,9-11H2,1H3,(H,23,25)(H,24,26). The van der Waals surface area contributed by atoms with Crippen LogP contribution in [0.15, 0.2) is 42.5 Å². The van der Waals surface area contributed by atoms with Gasteiger partial charge in [0.05, 0.1) is 11.3 Å². The van der Waals surface area contributed by atoms with E-state index in [1.807, 2.05) is 0 Å². The van der Waals surface area contributed by atoms with Crippen LogP contribution >= 0.6 is 11.3 Å². The molecule has 2 amide bonds. The Morgan fingerprint density at radius 2 is 1.70 bits per heavy atom. The van der Waals surface area contributed by atoms with E-state index < -0.39 is 0 Å². The first kappa shape index (κ1) is 19.0. The lowest BCUT2D eigenvalue weighted by atomic mass is 10.1. The molecule has 0 saturated carbocycles. The van der Waals surface area contributed by atoms with Gasteiger partial charge in [0.2, 0.25) is 5.91 Å². The molecule has 0 bridgehead atoms. The normalized spacial score (nSPS) is 10.8. The number of hydrogen-bond acceptors (Lipinski definition) is 3. The van der Waals surface area contributed by atoms with E-state index in [1.165, 1.54) is 29.5 Å².